The number of hydrogen-bond acceptors (Lipinski definition) is 5. The quantitative estimate of drug-likeness (QED) is 0.585. The number of nitrogens with zero attached hydrogens (tertiary/aromatic N) is 2. The third kappa shape index (κ3) is 2.21. The van der Waals surface area contributed by atoms with E-state index in [1.54, 1.807) is 6.20 Å². The lowest BCUT2D eigenvalue weighted by Crippen LogP contribution is -2.23. The summed E-state index contributed by atoms with van der Waals surface area (Å²) in [6.45, 7) is 0. The highest BCUT2D eigenvalue weighted by Crippen LogP contribution is 2.42. The van der Waals surface area contributed by atoms with Crippen LogP contribution in [0.25, 0.3) is 10.6 Å². The van der Waals surface area contributed by atoms with Gasteiger partial charge in [0.15, 0.2) is 5.82 Å². The fourth-order valence-corrected chi connectivity index (χ4v) is 3.83. The van der Waals surface area contributed by atoms with Crippen LogP contribution in [0.4, 0.5) is 5.82 Å². The van der Waals surface area contributed by atoms with Crippen LogP contribution in [0.2, 0.25) is 0 Å². The number of carbonyl (C=O) groups excluding carboxylic acids is 1. The van der Waals surface area contributed by atoms with Gasteiger partial charge in [0.25, 0.3) is 0 Å². The van der Waals surface area contributed by atoms with E-state index in [1.807, 2.05) is 18.2 Å². The highest BCUT2D eigenvalue weighted by molar-refractivity contribution is 7.15. The topological polar surface area (TPSA) is 124 Å². The van der Waals surface area contributed by atoms with Gasteiger partial charge in [0.05, 0.1) is 10.6 Å². The predicted octanol–water partition coefficient (Wildman–Crippen LogP) is 2.03. The van der Waals surface area contributed by atoms with Crippen LogP contribution < -0.4 is 5.32 Å². The summed E-state index contributed by atoms with van der Waals surface area (Å²) in [5.74, 6) is -1.31. The zero-order valence-electron chi connectivity index (χ0n) is 11.7. The molecule has 1 aliphatic rings. The molecule has 0 saturated heterocycles. The lowest BCUT2D eigenvalue weighted by Gasteiger charge is -2.21. The lowest BCUT2D eigenvalue weighted by atomic mass is 9.90. The SMILES string of the molecule is O=C1CC(c2ccc(-c3ccn[nH]3)s2)c2c(n[nH]c2C(=O)O)N1. The van der Waals surface area contributed by atoms with Gasteiger partial charge >= 0.3 is 5.97 Å². The van der Waals surface area contributed by atoms with Crippen molar-refractivity contribution >= 4 is 29.0 Å². The fourth-order valence-electron chi connectivity index (χ4n) is 2.74. The summed E-state index contributed by atoms with van der Waals surface area (Å²) in [5, 5.41) is 25.2. The molecule has 116 valence electrons. The van der Waals surface area contributed by atoms with E-state index in [9.17, 15) is 14.7 Å². The number of amides is 1. The molecule has 1 aliphatic heterocycles. The normalized spacial score (nSPS) is 16.9. The molecule has 3 aromatic rings. The fraction of sp³-hybridized carbons (Fsp3) is 0.143. The smallest absolute Gasteiger partial charge is 0.354 e. The average Bonchev–Trinajstić information content (AvgIpc) is 3.25. The first-order chi connectivity index (χ1) is 11.1. The van der Waals surface area contributed by atoms with E-state index < -0.39 is 5.97 Å². The van der Waals surface area contributed by atoms with Crippen molar-refractivity contribution in [3.8, 4) is 10.6 Å². The number of hydrogen-bond donors (Lipinski definition) is 4. The van der Waals surface area contributed by atoms with Crippen LogP contribution in [0.1, 0.15) is 33.3 Å². The molecule has 4 rings (SSSR count). The molecule has 0 aromatic carbocycles. The number of carboxylic acids is 1. The maximum Gasteiger partial charge on any atom is 0.354 e. The van der Waals surface area contributed by atoms with Gasteiger partial charge in [-0.2, -0.15) is 10.2 Å². The first kappa shape index (κ1) is 13.7. The summed E-state index contributed by atoms with van der Waals surface area (Å²) in [6, 6.07) is 5.70. The third-order valence-corrected chi connectivity index (χ3v) is 4.98. The second-order valence-electron chi connectivity index (χ2n) is 5.14. The standard InChI is InChI=1S/C14H11N5O3S/c20-10-5-6(11-12(14(21)22)18-19-13(11)16-10)8-1-2-9(23-8)7-3-4-15-17-7/h1-4,6H,5H2,(H,15,17)(H,21,22)(H2,16,18,19,20). The number of H-pyrrole nitrogens is 2. The van der Waals surface area contributed by atoms with Crippen LogP contribution >= 0.6 is 11.3 Å². The van der Waals surface area contributed by atoms with Crippen LogP contribution in [0.3, 0.4) is 0 Å². The Morgan fingerprint density at radius 3 is 2.91 bits per heavy atom. The van der Waals surface area contributed by atoms with E-state index in [2.05, 4.69) is 25.7 Å². The second-order valence-corrected chi connectivity index (χ2v) is 6.26. The summed E-state index contributed by atoms with van der Waals surface area (Å²) >= 11 is 1.50. The van der Waals surface area contributed by atoms with Gasteiger partial charge in [0, 0.05) is 29.0 Å². The summed E-state index contributed by atoms with van der Waals surface area (Å²) in [5.41, 5.74) is 1.42. The van der Waals surface area contributed by atoms with Gasteiger partial charge in [0.2, 0.25) is 5.91 Å². The van der Waals surface area contributed by atoms with Crippen molar-refractivity contribution in [1.82, 2.24) is 20.4 Å². The number of anilines is 1. The highest BCUT2D eigenvalue weighted by atomic mass is 32.1. The Kier molecular flexibility index (Phi) is 3.01. The van der Waals surface area contributed by atoms with Crippen LogP contribution in [0.15, 0.2) is 24.4 Å². The van der Waals surface area contributed by atoms with Gasteiger partial charge in [0.1, 0.15) is 5.69 Å². The number of aromatic amines is 2. The van der Waals surface area contributed by atoms with E-state index in [0.29, 0.717) is 11.4 Å². The Balaban J connectivity index is 1.79. The van der Waals surface area contributed by atoms with E-state index in [1.165, 1.54) is 11.3 Å². The molecule has 0 saturated carbocycles. The first-order valence-electron chi connectivity index (χ1n) is 6.84. The largest absolute Gasteiger partial charge is 0.477 e. The molecule has 0 aliphatic carbocycles. The molecule has 1 amide bonds. The highest BCUT2D eigenvalue weighted by Gasteiger charge is 2.34. The Bertz CT molecular complexity index is 896. The van der Waals surface area contributed by atoms with E-state index >= 15 is 0 Å². The molecule has 23 heavy (non-hydrogen) atoms. The number of aromatic carboxylic acids is 1. The van der Waals surface area contributed by atoms with Crippen molar-refractivity contribution in [3.63, 3.8) is 0 Å². The van der Waals surface area contributed by atoms with Crippen molar-refractivity contribution in [1.29, 1.82) is 0 Å². The van der Waals surface area contributed by atoms with E-state index in [-0.39, 0.29) is 23.9 Å². The average molecular weight is 329 g/mol. The van der Waals surface area contributed by atoms with Crippen molar-refractivity contribution < 1.29 is 14.7 Å². The number of nitrogens with one attached hydrogen (secondary N) is 3. The van der Waals surface area contributed by atoms with Gasteiger partial charge in [-0.1, -0.05) is 0 Å². The van der Waals surface area contributed by atoms with Gasteiger partial charge in [-0.25, -0.2) is 4.79 Å². The minimum absolute atomic E-state index is 0.0153. The number of aromatic nitrogens is 4. The lowest BCUT2D eigenvalue weighted by molar-refractivity contribution is -0.116. The molecule has 4 heterocycles. The zero-order chi connectivity index (χ0) is 16.0. The molecule has 1 atom stereocenters. The molecule has 4 N–H and O–H groups in total. The van der Waals surface area contributed by atoms with Crippen LogP contribution in [-0.4, -0.2) is 37.4 Å². The molecule has 0 spiro atoms. The Morgan fingerprint density at radius 1 is 1.30 bits per heavy atom. The van der Waals surface area contributed by atoms with E-state index in [4.69, 9.17) is 0 Å². The minimum atomic E-state index is -1.09. The van der Waals surface area contributed by atoms with Crippen LogP contribution in [0.5, 0.6) is 0 Å². The van der Waals surface area contributed by atoms with Crippen molar-refractivity contribution in [2.45, 2.75) is 12.3 Å². The molecule has 8 nitrogen and oxygen atoms in total. The molecule has 3 aromatic heterocycles. The molecular weight excluding hydrogens is 318 g/mol. The molecule has 0 bridgehead atoms. The third-order valence-electron chi connectivity index (χ3n) is 3.75. The molecule has 0 radical (unpaired) electrons. The summed E-state index contributed by atoms with van der Waals surface area (Å²) in [6.07, 6.45) is 1.86. The number of thiophene rings is 1. The van der Waals surface area contributed by atoms with Gasteiger partial charge in [-0.3, -0.25) is 15.0 Å². The van der Waals surface area contributed by atoms with Crippen molar-refractivity contribution in [2.75, 3.05) is 5.32 Å². The van der Waals surface area contributed by atoms with Gasteiger partial charge in [-0.05, 0) is 18.2 Å². The summed E-state index contributed by atoms with van der Waals surface area (Å²) < 4.78 is 0. The summed E-state index contributed by atoms with van der Waals surface area (Å²) in [7, 11) is 0. The number of fused-ring (bicyclic) bond motifs is 1. The molecule has 1 unspecified atom stereocenters. The van der Waals surface area contributed by atoms with Gasteiger partial charge in [-0.15, -0.1) is 11.3 Å². The maximum atomic E-state index is 11.9. The second kappa shape index (κ2) is 5.06. The summed E-state index contributed by atoms with van der Waals surface area (Å²) in [4.78, 5) is 25.2. The van der Waals surface area contributed by atoms with E-state index in [0.717, 1.165) is 15.4 Å². The zero-order valence-corrected chi connectivity index (χ0v) is 12.5. The molecule has 9 heteroatoms. The monoisotopic (exact) mass is 329 g/mol. The Hall–Kier alpha value is -2.94. The molecule has 0 fully saturated rings. The maximum absolute atomic E-state index is 11.9. The predicted molar refractivity (Wildman–Crippen MR) is 82.5 cm³/mol. The number of rotatable bonds is 3. The van der Waals surface area contributed by atoms with Crippen LogP contribution in [0, 0.1) is 0 Å². The Morgan fingerprint density at radius 2 is 2.17 bits per heavy atom. The first-order valence-corrected chi connectivity index (χ1v) is 7.66. The van der Waals surface area contributed by atoms with Crippen molar-refractivity contribution in [2.24, 2.45) is 0 Å². The van der Waals surface area contributed by atoms with Gasteiger partial charge < -0.3 is 10.4 Å². The van der Waals surface area contributed by atoms with Crippen molar-refractivity contribution in [3.05, 3.63) is 40.5 Å². The number of carboxylic acid groups (broad SMARTS) is 1. The van der Waals surface area contributed by atoms with Crippen LogP contribution in [-0.2, 0) is 4.79 Å². The number of carbonyl (C=O) groups is 2. The Labute approximate surface area is 133 Å². The minimum Gasteiger partial charge on any atom is -0.477 e. The molecular formula is C14H11N5O3S.